The van der Waals surface area contributed by atoms with Crippen molar-refractivity contribution in [1.29, 1.82) is 0 Å². The third-order valence-electron chi connectivity index (χ3n) is 2.68. The molecule has 0 radical (unpaired) electrons. The fraction of sp³-hybridized carbons (Fsp3) is 0.333. The van der Waals surface area contributed by atoms with Gasteiger partial charge in [-0.1, -0.05) is 30.3 Å². The SMILES string of the molecule is CCOC(=O)C(C(C)=NC)=C(O)Cc1ccccc1. The van der Waals surface area contributed by atoms with Crippen molar-refractivity contribution in [2.75, 3.05) is 13.7 Å². The van der Waals surface area contributed by atoms with Crippen LogP contribution in [-0.2, 0) is 16.0 Å². The van der Waals surface area contributed by atoms with E-state index in [-0.39, 0.29) is 24.4 Å². The Hall–Kier alpha value is -2.10. The van der Waals surface area contributed by atoms with Crippen molar-refractivity contribution in [3.8, 4) is 0 Å². The van der Waals surface area contributed by atoms with Crippen LogP contribution in [0.5, 0.6) is 0 Å². The van der Waals surface area contributed by atoms with E-state index < -0.39 is 5.97 Å². The molecule has 0 fully saturated rings. The number of carbonyl (C=O) groups is 1. The molecule has 0 bridgehead atoms. The van der Waals surface area contributed by atoms with Crippen LogP contribution >= 0.6 is 0 Å². The third kappa shape index (κ3) is 4.25. The first kappa shape index (κ1) is 15.0. The van der Waals surface area contributed by atoms with Crippen LogP contribution in [0.15, 0.2) is 46.7 Å². The number of carbonyl (C=O) groups excluding carboxylic acids is 1. The van der Waals surface area contributed by atoms with Crippen LogP contribution in [0, 0.1) is 0 Å². The van der Waals surface area contributed by atoms with Crippen molar-refractivity contribution in [2.24, 2.45) is 4.99 Å². The number of hydrogen-bond acceptors (Lipinski definition) is 4. The molecular weight excluding hydrogens is 242 g/mol. The van der Waals surface area contributed by atoms with Crippen molar-refractivity contribution in [1.82, 2.24) is 0 Å². The Balaban J connectivity index is 3.06. The molecule has 0 aliphatic rings. The monoisotopic (exact) mass is 261 g/mol. The van der Waals surface area contributed by atoms with E-state index >= 15 is 0 Å². The largest absolute Gasteiger partial charge is 0.511 e. The van der Waals surface area contributed by atoms with Crippen LogP contribution in [0.2, 0.25) is 0 Å². The summed E-state index contributed by atoms with van der Waals surface area (Å²) in [7, 11) is 1.57. The number of aliphatic imine (C=N–C) groups is 1. The zero-order valence-corrected chi connectivity index (χ0v) is 11.5. The molecule has 0 spiro atoms. The minimum Gasteiger partial charge on any atom is -0.511 e. The van der Waals surface area contributed by atoms with Gasteiger partial charge < -0.3 is 9.84 Å². The molecule has 0 aliphatic heterocycles. The van der Waals surface area contributed by atoms with Crippen LogP contribution in [-0.4, -0.2) is 30.4 Å². The van der Waals surface area contributed by atoms with Crippen molar-refractivity contribution in [2.45, 2.75) is 20.3 Å². The zero-order chi connectivity index (χ0) is 14.3. The van der Waals surface area contributed by atoms with Gasteiger partial charge in [0.1, 0.15) is 11.3 Å². The second-order valence-corrected chi connectivity index (χ2v) is 4.01. The predicted octanol–water partition coefficient (Wildman–Crippen LogP) is 2.70. The average molecular weight is 261 g/mol. The van der Waals surface area contributed by atoms with E-state index in [0.717, 1.165) is 5.56 Å². The standard InChI is InChI=1S/C15H19NO3/c1-4-19-15(18)14(11(2)16-3)13(17)10-12-8-6-5-7-9-12/h5-9,17H,4,10H2,1-3H3. The first-order chi connectivity index (χ1) is 9.10. The number of allylic oxidation sites excluding steroid dienone is 1. The number of aliphatic hydroxyl groups excluding tert-OH is 1. The summed E-state index contributed by atoms with van der Waals surface area (Å²) >= 11 is 0. The molecule has 0 amide bonds. The first-order valence-corrected chi connectivity index (χ1v) is 6.17. The molecule has 0 aromatic heterocycles. The number of aliphatic hydroxyl groups is 1. The van der Waals surface area contributed by atoms with Crippen molar-refractivity contribution < 1.29 is 14.6 Å². The van der Waals surface area contributed by atoms with Crippen LogP contribution in [0.4, 0.5) is 0 Å². The van der Waals surface area contributed by atoms with Gasteiger partial charge in [-0.25, -0.2) is 4.79 Å². The second-order valence-electron chi connectivity index (χ2n) is 4.01. The van der Waals surface area contributed by atoms with Crippen molar-refractivity contribution in [3.63, 3.8) is 0 Å². The number of rotatable bonds is 5. The molecule has 102 valence electrons. The molecule has 1 rings (SSSR count). The Morgan fingerprint density at radius 3 is 2.47 bits per heavy atom. The summed E-state index contributed by atoms with van der Waals surface area (Å²) in [5.74, 6) is -0.563. The minimum atomic E-state index is -0.543. The molecule has 4 heteroatoms. The van der Waals surface area contributed by atoms with E-state index in [2.05, 4.69) is 4.99 Å². The van der Waals surface area contributed by atoms with Gasteiger partial charge in [-0.15, -0.1) is 0 Å². The maximum absolute atomic E-state index is 11.9. The molecular formula is C15H19NO3. The average Bonchev–Trinajstić information content (AvgIpc) is 2.40. The van der Waals surface area contributed by atoms with Gasteiger partial charge in [0.15, 0.2) is 0 Å². The maximum atomic E-state index is 11.9. The van der Waals surface area contributed by atoms with Crippen molar-refractivity contribution in [3.05, 3.63) is 47.2 Å². The second kappa shape index (κ2) is 7.36. The summed E-state index contributed by atoms with van der Waals surface area (Å²) in [6, 6.07) is 9.44. The lowest BCUT2D eigenvalue weighted by Crippen LogP contribution is -2.17. The smallest absolute Gasteiger partial charge is 0.343 e. The number of ether oxygens (including phenoxy) is 1. The molecule has 1 N–H and O–H groups in total. The summed E-state index contributed by atoms with van der Waals surface area (Å²) < 4.78 is 4.95. The Morgan fingerprint density at radius 1 is 1.32 bits per heavy atom. The molecule has 0 heterocycles. The highest BCUT2D eigenvalue weighted by Gasteiger charge is 2.19. The van der Waals surface area contributed by atoms with Crippen LogP contribution in [0.1, 0.15) is 19.4 Å². The summed E-state index contributed by atoms with van der Waals surface area (Å²) in [6.45, 7) is 3.66. The lowest BCUT2D eigenvalue weighted by atomic mass is 10.0. The van der Waals surface area contributed by atoms with E-state index in [1.165, 1.54) is 0 Å². The van der Waals surface area contributed by atoms with Crippen LogP contribution in [0.25, 0.3) is 0 Å². The van der Waals surface area contributed by atoms with Gasteiger partial charge in [0, 0.05) is 19.2 Å². The maximum Gasteiger partial charge on any atom is 0.343 e. The number of esters is 1. The van der Waals surface area contributed by atoms with E-state index in [9.17, 15) is 9.90 Å². The molecule has 19 heavy (non-hydrogen) atoms. The molecule has 0 saturated carbocycles. The first-order valence-electron chi connectivity index (χ1n) is 6.17. The van der Waals surface area contributed by atoms with Gasteiger partial charge in [0.2, 0.25) is 0 Å². The number of hydrogen-bond donors (Lipinski definition) is 1. The fourth-order valence-electron chi connectivity index (χ4n) is 1.67. The van der Waals surface area contributed by atoms with Gasteiger partial charge in [0.05, 0.1) is 6.61 Å². The fourth-order valence-corrected chi connectivity index (χ4v) is 1.67. The summed E-state index contributed by atoms with van der Waals surface area (Å²) in [4.78, 5) is 15.8. The Bertz CT molecular complexity index is 489. The minimum absolute atomic E-state index is 0.0206. The lowest BCUT2D eigenvalue weighted by Gasteiger charge is -2.10. The van der Waals surface area contributed by atoms with Gasteiger partial charge in [-0.05, 0) is 19.4 Å². The summed E-state index contributed by atoms with van der Waals surface area (Å²) in [6.07, 6.45) is 0.280. The lowest BCUT2D eigenvalue weighted by molar-refractivity contribution is -0.138. The quantitative estimate of drug-likeness (QED) is 0.384. The molecule has 1 aromatic carbocycles. The van der Waals surface area contributed by atoms with E-state index in [0.29, 0.717) is 5.71 Å². The van der Waals surface area contributed by atoms with Gasteiger partial charge in [-0.2, -0.15) is 0 Å². The van der Waals surface area contributed by atoms with Crippen molar-refractivity contribution >= 4 is 11.7 Å². The highest BCUT2D eigenvalue weighted by Crippen LogP contribution is 2.13. The van der Waals surface area contributed by atoms with E-state index in [1.807, 2.05) is 30.3 Å². The molecule has 0 atom stereocenters. The van der Waals surface area contributed by atoms with E-state index in [1.54, 1.807) is 20.9 Å². The number of nitrogens with zero attached hydrogens (tertiary/aromatic N) is 1. The highest BCUT2D eigenvalue weighted by atomic mass is 16.5. The molecule has 0 saturated heterocycles. The Kier molecular flexibility index (Phi) is 5.79. The summed E-state index contributed by atoms with van der Waals surface area (Å²) in [5, 5.41) is 10.2. The normalized spacial score (nSPS) is 12.9. The van der Waals surface area contributed by atoms with Gasteiger partial charge >= 0.3 is 5.97 Å². The van der Waals surface area contributed by atoms with Gasteiger partial charge in [-0.3, -0.25) is 4.99 Å². The van der Waals surface area contributed by atoms with Gasteiger partial charge in [0.25, 0.3) is 0 Å². The summed E-state index contributed by atoms with van der Waals surface area (Å²) in [5.41, 5.74) is 1.53. The Morgan fingerprint density at radius 2 is 1.95 bits per heavy atom. The Labute approximate surface area is 113 Å². The topological polar surface area (TPSA) is 58.9 Å². The number of benzene rings is 1. The van der Waals surface area contributed by atoms with E-state index in [4.69, 9.17) is 4.74 Å². The third-order valence-corrected chi connectivity index (χ3v) is 2.68. The highest BCUT2D eigenvalue weighted by molar-refractivity contribution is 6.19. The molecule has 1 aromatic rings. The molecule has 0 aliphatic carbocycles. The zero-order valence-electron chi connectivity index (χ0n) is 11.5. The predicted molar refractivity (Wildman–Crippen MR) is 75.5 cm³/mol. The van der Waals surface area contributed by atoms with Crippen LogP contribution in [0.3, 0.4) is 0 Å². The van der Waals surface area contributed by atoms with Crippen LogP contribution < -0.4 is 0 Å². The molecule has 4 nitrogen and oxygen atoms in total. The molecule has 0 unspecified atom stereocenters.